The first-order chi connectivity index (χ1) is 15.0. The van der Waals surface area contributed by atoms with Crippen molar-refractivity contribution in [1.29, 1.82) is 0 Å². The minimum atomic E-state index is 0.0514. The average molecular weight is 456 g/mol. The Morgan fingerprint density at radius 1 is 1.23 bits per heavy atom. The Balaban J connectivity index is 1.27. The third-order valence-electron chi connectivity index (χ3n) is 6.21. The molecule has 5 heterocycles. The minimum absolute atomic E-state index is 0.0514. The zero-order chi connectivity index (χ0) is 21.5. The van der Waals surface area contributed by atoms with Crippen molar-refractivity contribution in [3.05, 3.63) is 40.0 Å². The van der Waals surface area contributed by atoms with E-state index in [4.69, 9.17) is 0 Å². The van der Waals surface area contributed by atoms with Crippen LogP contribution in [0.4, 0.5) is 10.9 Å². The number of aromatic nitrogens is 3. The summed E-state index contributed by atoms with van der Waals surface area (Å²) in [5, 5.41) is 16.6. The molecule has 2 aliphatic heterocycles. The lowest BCUT2D eigenvalue weighted by Crippen LogP contribution is -2.47. The molecule has 162 valence electrons. The summed E-state index contributed by atoms with van der Waals surface area (Å²) in [4.78, 5) is 29.8. The van der Waals surface area contributed by atoms with Gasteiger partial charge in [-0.25, -0.2) is 15.0 Å². The predicted octanol–water partition coefficient (Wildman–Crippen LogP) is 4.40. The summed E-state index contributed by atoms with van der Waals surface area (Å²) >= 11 is 3.17. The molecule has 2 saturated heterocycles. The highest BCUT2D eigenvalue weighted by molar-refractivity contribution is 7.16. The fourth-order valence-corrected chi connectivity index (χ4v) is 6.49. The van der Waals surface area contributed by atoms with Crippen molar-refractivity contribution in [3.63, 3.8) is 0 Å². The van der Waals surface area contributed by atoms with Gasteiger partial charge in [0.05, 0.1) is 26.8 Å². The lowest BCUT2D eigenvalue weighted by molar-refractivity contribution is 0.0453. The highest BCUT2D eigenvalue weighted by atomic mass is 32.1. The van der Waals surface area contributed by atoms with E-state index in [1.165, 1.54) is 11.3 Å². The third-order valence-corrected chi connectivity index (χ3v) is 8.06. The number of thiazole rings is 2. The Labute approximate surface area is 189 Å². The predicted molar refractivity (Wildman–Crippen MR) is 123 cm³/mol. The molecular weight excluding hydrogens is 430 g/mol. The molecule has 9 heteroatoms. The van der Waals surface area contributed by atoms with Gasteiger partial charge in [-0.15, -0.1) is 22.7 Å². The lowest BCUT2D eigenvalue weighted by Gasteiger charge is -2.38. The zero-order valence-corrected chi connectivity index (χ0v) is 19.2. The summed E-state index contributed by atoms with van der Waals surface area (Å²) in [5.74, 6) is 1.04. The molecule has 5 rings (SSSR count). The summed E-state index contributed by atoms with van der Waals surface area (Å²) in [6, 6.07) is 4.15. The Morgan fingerprint density at radius 2 is 2.00 bits per heavy atom. The van der Waals surface area contributed by atoms with Crippen molar-refractivity contribution in [2.24, 2.45) is 5.92 Å². The fraction of sp³-hybridized carbons (Fsp3) is 0.455. The molecule has 0 radical (unpaired) electrons. The molecule has 0 aliphatic carbocycles. The van der Waals surface area contributed by atoms with E-state index in [1.54, 1.807) is 17.5 Å². The number of aliphatic hydroxyl groups excluding tert-OH is 1. The summed E-state index contributed by atoms with van der Waals surface area (Å²) in [6.07, 6.45) is 5.51. The van der Waals surface area contributed by atoms with Gasteiger partial charge in [0.15, 0.2) is 5.13 Å². The number of hydrogen-bond donors (Lipinski definition) is 2. The van der Waals surface area contributed by atoms with E-state index in [2.05, 4.69) is 20.3 Å². The molecule has 0 saturated carbocycles. The first kappa shape index (κ1) is 20.5. The Hall–Kier alpha value is -2.36. The quantitative estimate of drug-likeness (QED) is 0.593. The maximum Gasteiger partial charge on any atom is 0.255 e. The van der Waals surface area contributed by atoms with Crippen LogP contribution in [-0.4, -0.2) is 49.6 Å². The number of amides is 1. The number of carbonyl (C=O) groups is 1. The zero-order valence-electron chi connectivity index (χ0n) is 17.5. The van der Waals surface area contributed by atoms with Crippen LogP contribution in [0.2, 0.25) is 0 Å². The van der Waals surface area contributed by atoms with E-state index in [1.807, 2.05) is 36.3 Å². The van der Waals surface area contributed by atoms with Gasteiger partial charge in [0, 0.05) is 30.3 Å². The number of carbonyl (C=O) groups excluding carboxylic acids is 1. The summed E-state index contributed by atoms with van der Waals surface area (Å²) < 4.78 is 0. The second kappa shape index (κ2) is 8.29. The molecular formula is C22H25N5O2S2. The fourth-order valence-electron chi connectivity index (χ4n) is 4.83. The number of rotatable bonds is 5. The molecule has 2 fully saturated rings. The number of aliphatic hydroxyl groups is 1. The van der Waals surface area contributed by atoms with Crippen molar-refractivity contribution in [3.8, 4) is 10.6 Å². The van der Waals surface area contributed by atoms with Gasteiger partial charge in [-0.2, -0.15) is 0 Å². The maximum atomic E-state index is 13.1. The van der Waals surface area contributed by atoms with Gasteiger partial charge in [-0.05, 0) is 57.6 Å². The molecule has 3 aromatic rings. The molecule has 0 spiro atoms. The summed E-state index contributed by atoms with van der Waals surface area (Å²) in [5.41, 5.74) is 2.53. The highest BCUT2D eigenvalue weighted by Crippen LogP contribution is 2.39. The van der Waals surface area contributed by atoms with Crippen LogP contribution in [0.1, 0.15) is 46.7 Å². The molecule has 3 aromatic heterocycles. The molecule has 1 amide bonds. The molecule has 2 aliphatic rings. The number of fused-ring (bicyclic) bond motifs is 2. The van der Waals surface area contributed by atoms with E-state index >= 15 is 0 Å². The maximum absolute atomic E-state index is 13.1. The van der Waals surface area contributed by atoms with Crippen LogP contribution >= 0.6 is 22.7 Å². The second-order valence-electron chi connectivity index (χ2n) is 8.36. The van der Waals surface area contributed by atoms with Crippen molar-refractivity contribution >= 4 is 39.5 Å². The van der Waals surface area contributed by atoms with Crippen molar-refractivity contribution in [2.75, 3.05) is 11.9 Å². The van der Waals surface area contributed by atoms with E-state index in [-0.39, 0.29) is 24.6 Å². The van der Waals surface area contributed by atoms with Gasteiger partial charge >= 0.3 is 0 Å². The van der Waals surface area contributed by atoms with E-state index in [9.17, 15) is 9.90 Å². The number of nitrogens with one attached hydrogen (secondary N) is 1. The SMILES string of the molecule is Cc1nc(C)c(-c2csc(Nc3ccc(C(=O)N4[C@@H]5CC[C@H]4CC(CO)C5)cn3)n2)s1. The lowest BCUT2D eigenvalue weighted by atomic mass is 9.91. The topological polar surface area (TPSA) is 91.2 Å². The number of hydrogen-bond acceptors (Lipinski definition) is 8. The van der Waals surface area contributed by atoms with Gasteiger partial charge in [-0.1, -0.05) is 0 Å². The van der Waals surface area contributed by atoms with Crippen LogP contribution in [0.25, 0.3) is 10.6 Å². The molecule has 0 aromatic carbocycles. The number of piperidine rings is 1. The number of pyridine rings is 1. The first-order valence-electron chi connectivity index (χ1n) is 10.6. The smallest absolute Gasteiger partial charge is 0.255 e. The number of nitrogens with zero attached hydrogens (tertiary/aromatic N) is 4. The molecule has 31 heavy (non-hydrogen) atoms. The van der Waals surface area contributed by atoms with Gasteiger partial charge in [0.1, 0.15) is 5.82 Å². The molecule has 2 bridgehead atoms. The molecule has 2 N–H and O–H groups in total. The number of anilines is 2. The van der Waals surface area contributed by atoms with Gasteiger partial charge in [-0.3, -0.25) is 4.79 Å². The highest BCUT2D eigenvalue weighted by Gasteiger charge is 2.43. The van der Waals surface area contributed by atoms with E-state index < -0.39 is 0 Å². The third kappa shape index (κ3) is 3.97. The molecule has 1 unspecified atom stereocenters. The summed E-state index contributed by atoms with van der Waals surface area (Å²) in [7, 11) is 0. The Bertz CT molecular complexity index is 1080. The van der Waals surface area contributed by atoms with Gasteiger partial charge in [0.25, 0.3) is 5.91 Å². The van der Waals surface area contributed by atoms with E-state index in [0.717, 1.165) is 52.1 Å². The van der Waals surface area contributed by atoms with Crippen LogP contribution in [0.15, 0.2) is 23.7 Å². The van der Waals surface area contributed by atoms with Crippen molar-refractivity contribution < 1.29 is 9.90 Å². The van der Waals surface area contributed by atoms with Crippen molar-refractivity contribution in [1.82, 2.24) is 19.9 Å². The van der Waals surface area contributed by atoms with E-state index in [0.29, 0.717) is 17.3 Å². The second-order valence-corrected chi connectivity index (χ2v) is 10.4. The molecule has 3 atom stereocenters. The monoisotopic (exact) mass is 455 g/mol. The largest absolute Gasteiger partial charge is 0.396 e. The van der Waals surface area contributed by atoms with Crippen LogP contribution < -0.4 is 5.32 Å². The van der Waals surface area contributed by atoms with Crippen LogP contribution in [-0.2, 0) is 0 Å². The van der Waals surface area contributed by atoms with Crippen molar-refractivity contribution in [2.45, 2.75) is 51.6 Å². The standard InChI is InChI=1S/C22H25N5O2S2/c1-12-20(31-13(2)24-12)18-11-30-22(25-18)26-19-6-3-15(9-23-19)21(29)27-16-4-5-17(27)8-14(7-16)10-28/h3,6,9,11,14,16-17,28H,4-5,7-8,10H2,1-2H3,(H,23,25,26)/t14?,16-,17+. The van der Waals surface area contributed by atoms with Gasteiger partial charge < -0.3 is 15.3 Å². The Morgan fingerprint density at radius 3 is 2.61 bits per heavy atom. The van der Waals surface area contributed by atoms with Gasteiger partial charge in [0.2, 0.25) is 0 Å². The average Bonchev–Trinajstić information content (AvgIpc) is 3.43. The summed E-state index contributed by atoms with van der Waals surface area (Å²) in [6.45, 7) is 4.22. The minimum Gasteiger partial charge on any atom is -0.396 e. The normalized spacial score (nSPS) is 22.7. The van der Waals surface area contributed by atoms with Crippen LogP contribution in [0, 0.1) is 19.8 Å². The molecule has 7 nitrogen and oxygen atoms in total. The first-order valence-corrected chi connectivity index (χ1v) is 12.3. The van der Waals surface area contributed by atoms with Crippen LogP contribution in [0.5, 0.6) is 0 Å². The van der Waals surface area contributed by atoms with Crippen LogP contribution in [0.3, 0.4) is 0 Å². The Kier molecular flexibility index (Phi) is 5.49. The number of aryl methyl sites for hydroxylation is 2.